The third-order valence-electron chi connectivity index (χ3n) is 3.33. The van der Waals surface area contributed by atoms with Gasteiger partial charge in [0.25, 0.3) is 0 Å². The Morgan fingerprint density at radius 3 is 2.95 bits per heavy atom. The molecule has 1 aliphatic rings. The Labute approximate surface area is 121 Å². The fourth-order valence-electron chi connectivity index (χ4n) is 2.19. The van der Waals surface area contributed by atoms with Crippen LogP contribution in [0.25, 0.3) is 0 Å². The minimum atomic E-state index is -0.0481. The van der Waals surface area contributed by atoms with Crippen molar-refractivity contribution in [2.75, 3.05) is 5.32 Å². The molecule has 20 heavy (non-hydrogen) atoms. The quantitative estimate of drug-likeness (QED) is 0.882. The molecule has 2 aromatic heterocycles. The number of aromatic nitrogens is 3. The smallest absolute Gasteiger partial charge is 0.229 e. The van der Waals surface area contributed by atoms with Crippen molar-refractivity contribution in [3.8, 4) is 0 Å². The molecule has 0 radical (unpaired) electrons. The van der Waals surface area contributed by atoms with Gasteiger partial charge in [0, 0.05) is 29.8 Å². The third kappa shape index (κ3) is 2.77. The van der Waals surface area contributed by atoms with Crippen molar-refractivity contribution in [3.63, 3.8) is 0 Å². The summed E-state index contributed by atoms with van der Waals surface area (Å²) in [6.45, 7) is 2.02. The van der Waals surface area contributed by atoms with Crippen molar-refractivity contribution in [2.24, 2.45) is 5.92 Å². The predicted molar refractivity (Wildman–Crippen MR) is 75.5 cm³/mol. The number of carbonyl (C=O) groups is 1. The van der Waals surface area contributed by atoms with Crippen LogP contribution in [0, 0.1) is 12.8 Å². The van der Waals surface area contributed by atoms with Crippen LogP contribution < -0.4 is 5.32 Å². The summed E-state index contributed by atoms with van der Waals surface area (Å²) in [6, 6.07) is 5.51. The molecule has 3 rings (SSSR count). The van der Waals surface area contributed by atoms with E-state index in [1.54, 1.807) is 6.20 Å². The number of hydrogen-bond acceptors (Lipinski definition) is 4. The highest BCUT2D eigenvalue weighted by atomic mass is 35.5. The summed E-state index contributed by atoms with van der Waals surface area (Å²) in [5.74, 6) is 0.538. The van der Waals surface area contributed by atoms with E-state index in [1.165, 1.54) is 12.4 Å². The van der Waals surface area contributed by atoms with Crippen molar-refractivity contribution in [3.05, 3.63) is 47.1 Å². The Bertz CT molecular complexity index is 661. The molecule has 0 spiro atoms. The molecule has 1 fully saturated rings. The van der Waals surface area contributed by atoms with Crippen LogP contribution in [0.2, 0.25) is 5.15 Å². The van der Waals surface area contributed by atoms with E-state index >= 15 is 0 Å². The van der Waals surface area contributed by atoms with E-state index in [2.05, 4.69) is 20.3 Å². The number of pyridine rings is 1. The first-order valence-corrected chi connectivity index (χ1v) is 6.72. The topological polar surface area (TPSA) is 67.8 Å². The van der Waals surface area contributed by atoms with Gasteiger partial charge in [-0.3, -0.25) is 9.78 Å². The van der Waals surface area contributed by atoms with Crippen LogP contribution in [-0.4, -0.2) is 20.9 Å². The van der Waals surface area contributed by atoms with Gasteiger partial charge in [-0.25, -0.2) is 9.97 Å². The van der Waals surface area contributed by atoms with E-state index in [0.29, 0.717) is 11.0 Å². The number of anilines is 1. The fraction of sp³-hybridized carbons (Fsp3) is 0.286. The summed E-state index contributed by atoms with van der Waals surface area (Å²) in [5.41, 5.74) is 2.13. The molecule has 1 N–H and O–H groups in total. The second kappa shape index (κ2) is 5.17. The number of aryl methyl sites for hydroxylation is 1. The number of nitrogens with zero attached hydrogens (tertiary/aromatic N) is 3. The first-order chi connectivity index (χ1) is 9.63. The minimum Gasteiger partial charge on any atom is -0.310 e. The maximum absolute atomic E-state index is 12.1. The monoisotopic (exact) mass is 288 g/mol. The predicted octanol–water partition coefficient (Wildman–Crippen LogP) is 2.58. The SMILES string of the molecule is Cc1ccnc([C@H]2C[C@@H]2C(=O)Nc2cc(Cl)ncn2)c1. The zero-order chi connectivity index (χ0) is 14.1. The van der Waals surface area contributed by atoms with Gasteiger partial charge < -0.3 is 5.32 Å². The molecule has 0 aromatic carbocycles. The van der Waals surface area contributed by atoms with Crippen molar-refractivity contribution in [1.29, 1.82) is 0 Å². The summed E-state index contributed by atoms with van der Waals surface area (Å²) >= 11 is 5.75. The van der Waals surface area contributed by atoms with Crippen molar-refractivity contribution in [1.82, 2.24) is 15.0 Å². The van der Waals surface area contributed by atoms with Crippen molar-refractivity contribution >= 4 is 23.3 Å². The van der Waals surface area contributed by atoms with Crippen LogP contribution >= 0.6 is 11.6 Å². The second-order valence-corrected chi connectivity index (χ2v) is 5.31. The van der Waals surface area contributed by atoms with Crippen LogP contribution in [-0.2, 0) is 4.79 Å². The number of nitrogens with one attached hydrogen (secondary N) is 1. The summed E-state index contributed by atoms with van der Waals surface area (Å²) < 4.78 is 0. The van der Waals surface area contributed by atoms with E-state index < -0.39 is 0 Å². The van der Waals surface area contributed by atoms with E-state index in [4.69, 9.17) is 11.6 Å². The third-order valence-corrected chi connectivity index (χ3v) is 3.54. The molecule has 1 amide bonds. The van der Waals surface area contributed by atoms with Crippen LogP contribution in [0.5, 0.6) is 0 Å². The normalized spacial score (nSPS) is 20.5. The molecule has 2 heterocycles. The second-order valence-electron chi connectivity index (χ2n) is 4.92. The van der Waals surface area contributed by atoms with E-state index in [-0.39, 0.29) is 17.7 Å². The molecular formula is C14H13ClN4O. The Balaban J connectivity index is 1.66. The van der Waals surface area contributed by atoms with Crippen LogP contribution in [0.3, 0.4) is 0 Å². The Morgan fingerprint density at radius 2 is 2.20 bits per heavy atom. The molecule has 2 atom stereocenters. The largest absolute Gasteiger partial charge is 0.310 e. The van der Waals surface area contributed by atoms with Crippen LogP contribution in [0.1, 0.15) is 23.6 Å². The molecule has 0 bridgehead atoms. The molecule has 0 unspecified atom stereocenters. The first kappa shape index (κ1) is 13.0. The van der Waals surface area contributed by atoms with E-state index in [0.717, 1.165) is 17.7 Å². The van der Waals surface area contributed by atoms with Gasteiger partial charge in [-0.05, 0) is 31.0 Å². The standard InChI is InChI=1S/C14H13ClN4O/c1-8-2-3-16-11(4-8)9-5-10(9)14(20)19-13-6-12(15)17-7-18-13/h2-4,6-7,9-10H,5H2,1H3,(H,17,18,19,20)/t9-,10-/m0/s1. The number of hydrogen-bond donors (Lipinski definition) is 1. The van der Waals surface area contributed by atoms with Crippen molar-refractivity contribution in [2.45, 2.75) is 19.3 Å². The molecule has 102 valence electrons. The molecule has 1 aliphatic carbocycles. The maximum Gasteiger partial charge on any atom is 0.229 e. The Kier molecular flexibility index (Phi) is 3.36. The van der Waals surface area contributed by atoms with Crippen molar-refractivity contribution < 1.29 is 4.79 Å². The molecule has 0 saturated heterocycles. The highest BCUT2D eigenvalue weighted by molar-refractivity contribution is 6.29. The highest BCUT2D eigenvalue weighted by Crippen LogP contribution is 2.47. The maximum atomic E-state index is 12.1. The first-order valence-electron chi connectivity index (χ1n) is 6.34. The van der Waals surface area contributed by atoms with Crippen LogP contribution in [0.15, 0.2) is 30.7 Å². The lowest BCUT2D eigenvalue weighted by atomic mass is 10.1. The average molecular weight is 289 g/mol. The lowest BCUT2D eigenvalue weighted by Gasteiger charge is -2.04. The fourth-order valence-corrected chi connectivity index (χ4v) is 2.34. The zero-order valence-corrected chi connectivity index (χ0v) is 11.6. The number of amides is 1. The molecular weight excluding hydrogens is 276 g/mol. The van der Waals surface area contributed by atoms with Gasteiger partial charge in [-0.1, -0.05) is 11.6 Å². The molecule has 0 aliphatic heterocycles. The minimum absolute atomic E-state index is 0.0435. The van der Waals surface area contributed by atoms with E-state index in [9.17, 15) is 4.79 Å². The average Bonchev–Trinajstić information content (AvgIpc) is 3.19. The number of rotatable bonds is 3. The molecule has 5 nitrogen and oxygen atoms in total. The Morgan fingerprint density at radius 1 is 1.35 bits per heavy atom. The Hall–Kier alpha value is -2.01. The number of carbonyl (C=O) groups excluding carboxylic acids is 1. The summed E-state index contributed by atoms with van der Waals surface area (Å²) in [6.07, 6.45) is 3.92. The summed E-state index contributed by atoms with van der Waals surface area (Å²) in [7, 11) is 0. The zero-order valence-electron chi connectivity index (χ0n) is 10.9. The molecule has 6 heteroatoms. The van der Waals surface area contributed by atoms with Gasteiger partial charge in [0.15, 0.2) is 0 Å². The van der Waals surface area contributed by atoms with Gasteiger partial charge >= 0.3 is 0 Å². The summed E-state index contributed by atoms with van der Waals surface area (Å²) in [4.78, 5) is 24.2. The van der Waals surface area contributed by atoms with Gasteiger partial charge in [0.1, 0.15) is 17.3 Å². The van der Waals surface area contributed by atoms with E-state index in [1.807, 2.05) is 19.1 Å². The van der Waals surface area contributed by atoms with Gasteiger partial charge in [-0.2, -0.15) is 0 Å². The molecule has 2 aromatic rings. The van der Waals surface area contributed by atoms with Gasteiger partial charge in [-0.15, -0.1) is 0 Å². The lowest BCUT2D eigenvalue weighted by molar-refractivity contribution is -0.117. The summed E-state index contributed by atoms with van der Waals surface area (Å²) in [5, 5.41) is 3.07. The van der Waals surface area contributed by atoms with Gasteiger partial charge in [0.05, 0.1) is 0 Å². The highest BCUT2D eigenvalue weighted by Gasteiger charge is 2.45. The lowest BCUT2D eigenvalue weighted by Crippen LogP contribution is -2.15. The number of halogens is 1. The van der Waals surface area contributed by atoms with Gasteiger partial charge in [0.2, 0.25) is 5.91 Å². The van der Waals surface area contributed by atoms with Crippen LogP contribution in [0.4, 0.5) is 5.82 Å². The molecule has 1 saturated carbocycles.